The van der Waals surface area contributed by atoms with E-state index < -0.39 is 5.91 Å². The van der Waals surface area contributed by atoms with Crippen LogP contribution < -0.4 is 15.5 Å². The Morgan fingerprint density at radius 3 is 2.51 bits per heavy atom. The molecule has 4 aromatic rings. The van der Waals surface area contributed by atoms with Crippen LogP contribution in [0, 0.1) is 5.82 Å². The van der Waals surface area contributed by atoms with Crippen molar-refractivity contribution >= 4 is 45.7 Å². The van der Waals surface area contributed by atoms with Gasteiger partial charge in [0.05, 0.1) is 10.6 Å². The van der Waals surface area contributed by atoms with Gasteiger partial charge in [-0.05, 0) is 89.7 Å². The lowest BCUT2D eigenvalue weighted by Crippen LogP contribution is -2.43. The number of amides is 2. The zero-order valence-corrected chi connectivity index (χ0v) is 23.2. The number of imide groups is 1. The van der Waals surface area contributed by atoms with Gasteiger partial charge in [0.15, 0.2) is 0 Å². The number of hydrogen-bond acceptors (Lipinski definition) is 7. The van der Waals surface area contributed by atoms with Gasteiger partial charge in [-0.15, -0.1) is 0 Å². The summed E-state index contributed by atoms with van der Waals surface area (Å²) in [5.74, 6) is -0.000969. The van der Waals surface area contributed by atoms with Crippen molar-refractivity contribution in [2.24, 2.45) is 0 Å². The number of aromatic nitrogens is 2. The summed E-state index contributed by atoms with van der Waals surface area (Å²) in [5.41, 5.74) is 2.95. The van der Waals surface area contributed by atoms with E-state index >= 15 is 0 Å². The average Bonchev–Trinajstić information content (AvgIpc) is 3.31. The van der Waals surface area contributed by atoms with Crippen molar-refractivity contribution in [2.75, 3.05) is 4.90 Å². The van der Waals surface area contributed by atoms with E-state index in [0.717, 1.165) is 54.8 Å². The van der Waals surface area contributed by atoms with Gasteiger partial charge in [-0.2, -0.15) is 0 Å². The van der Waals surface area contributed by atoms with Crippen molar-refractivity contribution in [1.82, 2.24) is 20.6 Å². The molecule has 3 aromatic carbocycles. The summed E-state index contributed by atoms with van der Waals surface area (Å²) in [6, 6.07) is 23.8. The molecule has 7 nitrogen and oxygen atoms in total. The van der Waals surface area contributed by atoms with Crippen molar-refractivity contribution in [3.8, 4) is 0 Å². The third kappa shape index (κ3) is 6.64. The second-order valence-corrected chi connectivity index (χ2v) is 11.5. The molecule has 1 aliphatic heterocycles. The molecule has 9 heteroatoms. The maximum absolute atomic E-state index is 13.5. The van der Waals surface area contributed by atoms with Gasteiger partial charge in [0, 0.05) is 31.4 Å². The molecule has 1 saturated carbocycles. The van der Waals surface area contributed by atoms with E-state index in [1.807, 2.05) is 30.3 Å². The van der Waals surface area contributed by atoms with Crippen LogP contribution in [0.5, 0.6) is 0 Å². The predicted molar refractivity (Wildman–Crippen MR) is 161 cm³/mol. The number of carbonyl (C=O) groups excluding carboxylic acids is 2. The Kier molecular flexibility index (Phi) is 8.07. The molecule has 2 N–H and O–H groups in total. The van der Waals surface area contributed by atoms with E-state index in [1.165, 1.54) is 17.2 Å². The number of nitrogens with zero attached hydrogens (tertiary/aromatic N) is 3. The maximum atomic E-state index is 13.5. The van der Waals surface area contributed by atoms with Gasteiger partial charge >= 0.3 is 0 Å². The van der Waals surface area contributed by atoms with Crippen LogP contribution in [0.1, 0.15) is 42.5 Å². The van der Waals surface area contributed by atoms with Crippen LogP contribution in [0.4, 0.5) is 15.1 Å². The van der Waals surface area contributed by atoms with Gasteiger partial charge in [-0.3, -0.25) is 14.9 Å². The monoisotopic (exact) mass is 567 g/mol. The highest BCUT2D eigenvalue weighted by atomic mass is 32.2. The predicted octanol–water partition coefficient (Wildman–Crippen LogP) is 6.20. The van der Waals surface area contributed by atoms with Crippen molar-refractivity contribution < 1.29 is 14.0 Å². The third-order valence-corrected chi connectivity index (χ3v) is 8.45. The van der Waals surface area contributed by atoms with E-state index in [2.05, 4.69) is 44.8 Å². The van der Waals surface area contributed by atoms with Crippen molar-refractivity contribution in [3.05, 3.63) is 107 Å². The first-order valence-corrected chi connectivity index (χ1v) is 14.6. The van der Waals surface area contributed by atoms with Gasteiger partial charge in [0.1, 0.15) is 5.82 Å². The van der Waals surface area contributed by atoms with Crippen LogP contribution in [0.15, 0.2) is 83.9 Å². The topological polar surface area (TPSA) is 87.2 Å². The smallest absolute Gasteiger partial charge is 0.290 e. The first kappa shape index (κ1) is 27.1. The first-order valence-electron chi connectivity index (χ1n) is 13.8. The number of anilines is 1. The maximum Gasteiger partial charge on any atom is 0.290 e. The van der Waals surface area contributed by atoms with Crippen molar-refractivity contribution in [2.45, 2.75) is 50.9 Å². The molecule has 0 atom stereocenters. The highest BCUT2D eigenvalue weighted by Gasteiger charge is 2.28. The molecule has 2 amide bonds. The summed E-state index contributed by atoms with van der Waals surface area (Å²) in [6.45, 7) is 1.44. The minimum absolute atomic E-state index is 0.215. The largest absolute Gasteiger partial charge is 0.333 e. The lowest BCUT2D eigenvalue weighted by atomic mass is 9.89. The Labute approximate surface area is 242 Å². The molecule has 208 valence electrons. The van der Waals surface area contributed by atoms with Crippen LogP contribution in [0.2, 0.25) is 0 Å². The van der Waals surface area contributed by atoms with Crippen LogP contribution in [0.25, 0.3) is 16.8 Å². The van der Waals surface area contributed by atoms with E-state index in [-0.39, 0.29) is 17.1 Å². The second kappa shape index (κ2) is 12.2. The van der Waals surface area contributed by atoms with Crippen molar-refractivity contribution in [1.29, 1.82) is 0 Å². The van der Waals surface area contributed by atoms with Gasteiger partial charge in [-0.25, -0.2) is 14.4 Å². The van der Waals surface area contributed by atoms with E-state index in [9.17, 15) is 14.0 Å². The van der Waals surface area contributed by atoms with Crippen LogP contribution in [-0.4, -0.2) is 33.2 Å². The van der Waals surface area contributed by atoms with E-state index in [0.29, 0.717) is 29.1 Å². The summed E-state index contributed by atoms with van der Waals surface area (Å²) < 4.78 is 13.5. The first-order chi connectivity index (χ1) is 20.0. The van der Waals surface area contributed by atoms with E-state index in [1.54, 1.807) is 24.4 Å². The summed E-state index contributed by atoms with van der Waals surface area (Å²) in [5, 5.41) is 7.59. The normalized spacial score (nSPS) is 20.0. The van der Waals surface area contributed by atoms with Gasteiger partial charge in [0.2, 0.25) is 5.95 Å². The number of fused-ring (bicyclic) bond motifs is 1. The Bertz CT molecular complexity index is 1600. The molecule has 0 bridgehead atoms. The summed E-state index contributed by atoms with van der Waals surface area (Å²) >= 11 is 0.883. The second-order valence-electron chi connectivity index (χ2n) is 10.5. The molecule has 2 fully saturated rings. The van der Waals surface area contributed by atoms with Crippen LogP contribution in [0.3, 0.4) is 0 Å². The Balaban J connectivity index is 1.14. The zero-order valence-electron chi connectivity index (χ0n) is 22.4. The quantitative estimate of drug-likeness (QED) is 0.245. The SMILES string of the molecule is O=C1NC(=O)/C(=C/c2ccnc(N(Cc3ccccc3)[C@H]3CC[C@H](NCc4ccc5cc(F)ccc5c4)CC3)n2)S1. The third-order valence-electron chi connectivity index (χ3n) is 7.64. The summed E-state index contributed by atoms with van der Waals surface area (Å²) in [4.78, 5) is 35.6. The number of rotatable bonds is 8. The molecule has 41 heavy (non-hydrogen) atoms. The number of hydrogen-bond donors (Lipinski definition) is 2. The lowest BCUT2D eigenvalue weighted by molar-refractivity contribution is -0.115. The Morgan fingerprint density at radius 1 is 0.951 bits per heavy atom. The molecule has 0 radical (unpaired) electrons. The number of halogens is 1. The molecular formula is C32H30FN5O2S. The Morgan fingerprint density at radius 2 is 1.73 bits per heavy atom. The van der Waals surface area contributed by atoms with Gasteiger partial charge in [0.25, 0.3) is 11.1 Å². The summed E-state index contributed by atoms with van der Waals surface area (Å²) in [6.07, 6.45) is 7.37. The standard InChI is InChI=1S/C32H30FN5O2S/c33-25-9-8-23-16-22(6-7-24(23)17-25)19-35-26-10-12-28(13-11-26)38(20-21-4-2-1-3-5-21)31-34-15-14-27(36-31)18-29-30(39)37-32(40)41-29/h1-9,14-18,26,28,35H,10-13,19-20H2,(H,37,39,40)/b29-18-/t26-,28-. The van der Waals surface area contributed by atoms with Gasteiger partial charge < -0.3 is 10.2 Å². The summed E-state index contributed by atoms with van der Waals surface area (Å²) in [7, 11) is 0. The zero-order chi connectivity index (χ0) is 28.2. The highest BCUT2D eigenvalue weighted by molar-refractivity contribution is 8.18. The number of carbonyl (C=O) groups is 2. The lowest BCUT2D eigenvalue weighted by Gasteiger charge is -2.37. The molecule has 1 aromatic heterocycles. The average molecular weight is 568 g/mol. The fourth-order valence-electron chi connectivity index (χ4n) is 5.51. The molecular weight excluding hydrogens is 537 g/mol. The number of thioether (sulfide) groups is 1. The fraction of sp³-hybridized carbons (Fsp3) is 0.250. The van der Waals surface area contributed by atoms with Crippen LogP contribution >= 0.6 is 11.8 Å². The van der Waals surface area contributed by atoms with Crippen LogP contribution in [-0.2, 0) is 17.9 Å². The Hall–Kier alpha value is -4.08. The molecule has 6 rings (SSSR count). The minimum Gasteiger partial charge on any atom is -0.333 e. The fourth-order valence-corrected chi connectivity index (χ4v) is 6.18. The van der Waals surface area contributed by atoms with E-state index in [4.69, 9.17) is 4.98 Å². The molecule has 1 saturated heterocycles. The highest BCUT2D eigenvalue weighted by Crippen LogP contribution is 2.29. The number of nitrogens with one attached hydrogen (secondary N) is 2. The van der Waals surface area contributed by atoms with Crippen molar-refractivity contribution in [3.63, 3.8) is 0 Å². The minimum atomic E-state index is -0.398. The number of benzene rings is 3. The molecule has 0 spiro atoms. The molecule has 1 aliphatic carbocycles. The molecule has 2 heterocycles. The van der Waals surface area contributed by atoms with Gasteiger partial charge in [-0.1, -0.05) is 48.5 Å². The molecule has 2 aliphatic rings. The molecule has 0 unspecified atom stereocenters.